The molecule has 0 aromatic carbocycles. The Labute approximate surface area is 87.8 Å². The van der Waals surface area contributed by atoms with Gasteiger partial charge in [-0.3, -0.25) is 4.79 Å². The Kier molecular flexibility index (Phi) is 4.10. The molecule has 1 aromatic heterocycles. The van der Waals surface area contributed by atoms with Crippen LogP contribution in [0.3, 0.4) is 0 Å². The Morgan fingerprint density at radius 2 is 2.36 bits per heavy atom. The SMILES string of the molecule is CCc1cc(C(=O)NCCO)sc1C. The topological polar surface area (TPSA) is 49.3 Å². The minimum absolute atomic E-state index is 0.0171. The van der Waals surface area contributed by atoms with Crippen molar-refractivity contribution in [1.82, 2.24) is 5.32 Å². The van der Waals surface area contributed by atoms with Crippen molar-refractivity contribution >= 4 is 17.2 Å². The van der Waals surface area contributed by atoms with Crippen LogP contribution >= 0.6 is 11.3 Å². The number of aliphatic hydroxyl groups excluding tert-OH is 1. The normalized spacial score (nSPS) is 10.2. The Bertz CT molecular complexity index is 320. The number of rotatable bonds is 4. The van der Waals surface area contributed by atoms with Crippen molar-refractivity contribution < 1.29 is 9.90 Å². The molecule has 3 nitrogen and oxygen atoms in total. The maximum atomic E-state index is 11.5. The Morgan fingerprint density at radius 1 is 1.64 bits per heavy atom. The van der Waals surface area contributed by atoms with E-state index in [0.717, 1.165) is 11.3 Å². The van der Waals surface area contributed by atoms with Gasteiger partial charge >= 0.3 is 0 Å². The van der Waals surface area contributed by atoms with Crippen LogP contribution in [0.5, 0.6) is 0 Å². The first-order valence-electron chi connectivity index (χ1n) is 4.67. The largest absolute Gasteiger partial charge is 0.395 e. The predicted octanol–water partition coefficient (Wildman–Crippen LogP) is 1.34. The van der Waals surface area contributed by atoms with Gasteiger partial charge in [0.1, 0.15) is 0 Å². The average Bonchev–Trinajstić information content (AvgIpc) is 2.56. The highest BCUT2D eigenvalue weighted by molar-refractivity contribution is 7.14. The van der Waals surface area contributed by atoms with Crippen molar-refractivity contribution in [2.75, 3.05) is 13.2 Å². The van der Waals surface area contributed by atoms with E-state index in [2.05, 4.69) is 12.2 Å². The third kappa shape index (κ3) is 2.56. The highest BCUT2D eigenvalue weighted by Crippen LogP contribution is 2.21. The molecule has 1 amide bonds. The minimum atomic E-state index is -0.0909. The zero-order valence-corrected chi connectivity index (χ0v) is 9.28. The van der Waals surface area contributed by atoms with E-state index in [1.807, 2.05) is 13.0 Å². The van der Waals surface area contributed by atoms with Gasteiger partial charge in [0, 0.05) is 11.4 Å². The molecule has 0 atom stereocenters. The summed E-state index contributed by atoms with van der Waals surface area (Å²) in [5.74, 6) is -0.0909. The van der Waals surface area contributed by atoms with Gasteiger partial charge in [0.25, 0.3) is 5.91 Å². The highest BCUT2D eigenvalue weighted by atomic mass is 32.1. The average molecular weight is 213 g/mol. The van der Waals surface area contributed by atoms with Gasteiger partial charge in [-0.2, -0.15) is 0 Å². The van der Waals surface area contributed by atoms with Crippen LogP contribution in [0.15, 0.2) is 6.07 Å². The van der Waals surface area contributed by atoms with Gasteiger partial charge in [0.2, 0.25) is 0 Å². The molecule has 0 aliphatic heterocycles. The maximum Gasteiger partial charge on any atom is 0.261 e. The molecule has 0 aliphatic rings. The van der Waals surface area contributed by atoms with Crippen molar-refractivity contribution in [3.05, 3.63) is 21.4 Å². The van der Waals surface area contributed by atoms with Crippen LogP contribution in [-0.4, -0.2) is 24.2 Å². The number of hydrogen-bond donors (Lipinski definition) is 2. The summed E-state index contributed by atoms with van der Waals surface area (Å²) in [6, 6.07) is 1.92. The molecule has 0 radical (unpaired) electrons. The monoisotopic (exact) mass is 213 g/mol. The molecule has 0 bridgehead atoms. The van der Waals surface area contributed by atoms with Gasteiger partial charge in [0.15, 0.2) is 0 Å². The Balaban J connectivity index is 2.70. The zero-order valence-electron chi connectivity index (χ0n) is 8.46. The van der Waals surface area contributed by atoms with E-state index in [-0.39, 0.29) is 12.5 Å². The second-order valence-corrected chi connectivity index (χ2v) is 4.28. The lowest BCUT2D eigenvalue weighted by Crippen LogP contribution is -2.25. The number of nitrogens with one attached hydrogen (secondary N) is 1. The van der Waals surface area contributed by atoms with Crippen LogP contribution in [0.1, 0.15) is 27.0 Å². The summed E-state index contributed by atoms with van der Waals surface area (Å²) in [7, 11) is 0. The fraction of sp³-hybridized carbons (Fsp3) is 0.500. The number of aryl methyl sites for hydroxylation is 2. The summed E-state index contributed by atoms with van der Waals surface area (Å²) in [5, 5.41) is 11.2. The molecule has 78 valence electrons. The van der Waals surface area contributed by atoms with E-state index in [9.17, 15) is 4.79 Å². The summed E-state index contributed by atoms with van der Waals surface area (Å²) in [5.41, 5.74) is 1.23. The summed E-state index contributed by atoms with van der Waals surface area (Å²) < 4.78 is 0. The molecule has 2 N–H and O–H groups in total. The number of hydrogen-bond acceptors (Lipinski definition) is 3. The molecule has 1 heterocycles. The maximum absolute atomic E-state index is 11.5. The quantitative estimate of drug-likeness (QED) is 0.793. The van der Waals surface area contributed by atoms with E-state index in [4.69, 9.17) is 5.11 Å². The molecule has 1 rings (SSSR count). The Morgan fingerprint density at radius 3 is 2.86 bits per heavy atom. The van der Waals surface area contributed by atoms with Crippen LogP contribution in [0.25, 0.3) is 0 Å². The second-order valence-electron chi connectivity index (χ2n) is 3.03. The van der Waals surface area contributed by atoms with Crippen molar-refractivity contribution in [1.29, 1.82) is 0 Å². The molecule has 0 fully saturated rings. The molecule has 0 saturated carbocycles. The first-order chi connectivity index (χ1) is 6.69. The number of carbonyl (C=O) groups is 1. The first kappa shape index (κ1) is 11.2. The van der Waals surface area contributed by atoms with E-state index >= 15 is 0 Å². The Hall–Kier alpha value is -0.870. The van der Waals surface area contributed by atoms with E-state index in [1.165, 1.54) is 21.8 Å². The zero-order chi connectivity index (χ0) is 10.6. The summed E-state index contributed by atoms with van der Waals surface area (Å²) in [4.78, 5) is 13.4. The molecule has 1 aromatic rings. The van der Waals surface area contributed by atoms with Crippen molar-refractivity contribution in [2.24, 2.45) is 0 Å². The molecular formula is C10H15NO2S. The summed E-state index contributed by atoms with van der Waals surface area (Å²) in [6.07, 6.45) is 0.954. The van der Waals surface area contributed by atoms with E-state index in [1.54, 1.807) is 0 Å². The highest BCUT2D eigenvalue weighted by Gasteiger charge is 2.10. The molecular weight excluding hydrogens is 198 g/mol. The third-order valence-corrected chi connectivity index (χ3v) is 3.11. The smallest absolute Gasteiger partial charge is 0.261 e. The standard InChI is InChI=1S/C10H15NO2S/c1-3-8-6-9(14-7(8)2)10(13)11-4-5-12/h6,12H,3-5H2,1-2H3,(H,11,13). The summed E-state index contributed by atoms with van der Waals surface area (Å²) in [6.45, 7) is 4.39. The summed E-state index contributed by atoms with van der Waals surface area (Å²) >= 11 is 1.50. The predicted molar refractivity (Wildman–Crippen MR) is 57.9 cm³/mol. The van der Waals surface area contributed by atoms with Crippen molar-refractivity contribution in [3.8, 4) is 0 Å². The first-order valence-corrected chi connectivity index (χ1v) is 5.49. The molecule has 4 heteroatoms. The van der Waals surface area contributed by atoms with Crippen molar-refractivity contribution in [3.63, 3.8) is 0 Å². The van der Waals surface area contributed by atoms with Crippen LogP contribution in [0.2, 0.25) is 0 Å². The van der Waals surface area contributed by atoms with Gasteiger partial charge in [-0.25, -0.2) is 0 Å². The lowest BCUT2D eigenvalue weighted by Gasteiger charge is -1.98. The van der Waals surface area contributed by atoms with Gasteiger partial charge in [0.05, 0.1) is 11.5 Å². The number of thiophene rings is 1. The second kappa shape index (κ2) is 5.12. The minimum Gasteiger partial charge on any atom is -0.395 e. The fourth-order valence-corrected chi connectivity index (χ4v) is 2.27. The van der Waals surface area contributed by atoms with Gasteiger partial charge < -0.3 is 10.4 Å². The van der Waals surface area contributed by atoms with Gasteiger partial charge in [-0.15, -0.1) is 11.3 Å². The molecule has 0 saturated heterocycles. The van der Waals surface area contributed by atoms with Crippen LogP contribution in [-0.2, 0) is 6.42 Å². The van der Waals surface area contributed by atoms with Gasteiger partial charge in [-0.1, -0.05) is 6.92 Å². The van der Waals surface area contributed by atoms with Crippen LogP contribution < -0.4 is 5.32 Å². The van der Waals surface area contributed by atoms with Crippen LogP contribution in [0.4, 0.5) is 0 Å². The number of carbonyl (C=O) groups excluding carboxylic acids is 1. The van der Waals surface area contributed by atoms with Crippen LogP contribution in [0, 0.1) is 6.92 Å². The lowest BCUT2D eigenvalue weighted by molar-refractivity contribution is 0.0949. The lowest BCUT2D eigenvalue weighted by atomic mass is 10.2. The molecule has 0 spiro atoms. The van der Waals surface area contributed by atoms with Crippen molar-refractivity contribution in [2.45, 2.75) is 20.3 Å². The molecule has 0 aliphatic carbocycles. The third-order valence-electron chi connectivity index (χ3n) is 2.02. The number of aliphatic hydroxyl groups is 1. The van der Waals surface area contributed by atoms with Gasteiger partial charge in [-0.05, 0) is 25.0 Å². The van der Waals surface area contributed by atoms with E-state index < -0.39 is 0 Å². The molecule has 14 heavy (non-hydrogen) atoms. The molecule has 0 unspecified atom stereocenters. The fourth-order valence-electron chi connectivity index (χ4n) is 1.24. The number of amides is 1. The van der Waals surface area contributed by atoms with E-state index in [0.29, 0.717) is 6.54 Å².